The van der Waals surface area contributed by atoms with E-state index in [4.69, 9.17) is 9.47 Å². The Balaban J connectivity index is 2.09. The van der Waals surface area contributed by atoms with Gasteiger partial charge in [-0.05, 0) is 53.4 Å². The minimum atomic E-state index is -0.569. The van der Waals surface area contributed by atoms with Gasteiger partial charge in [0.1, 0.15) is 12.1 Å². The first-order chi connectivity index (χ1) is 12.7. The Labute approximate surface area is 161 Å². The van der Waals surface area contributed by atoms with Crippen molar-refractivity contribution in [2.75, 3.05) is 39.3 Å². The number of carbonyl (C=O) groups excluding carboxylic acids is 3. The molecule has 0 unspecified atom stereocenters. The molecule has 0 radical (unpaired) electrons. The zero-order valence-corrected chi connectivity index (χ0v) is 17.0. The molecule has 0 N–H and O–H groups in total. The fourth-order valence-corrected chi connectivity index (χ4v) is 3.49. The molecule has 1 atom stereocenters. The van der Waals surface area contributed by atoms with Crippen molar-refractivity contribution in [3.8, 4) is 0 Å². The first-order valence-electron chi connectivity index (χ1n) is 9.90. The van der Waals surface area contributed by atoms with Gasteiger partial charge >= 0.3 is 18.1 Å². The Morgan fingerprint density at radius 2 is 1.67 bits per heavy atom. The number of urea groups is 1. The van der Waals surface area contributed by atoms with E-state index in [0.29, 0.717) is 26.2 Å². The molecule has 2 saturated heterocycles. The fourth-order valence-electron chi connectivity index (χ4n) is 3.49. The molecule has 0 aromatic heterocycles. The fraction of sp³-hybridized carbons (Fsp3) is 0.842. The highest BCUT2D eigenvalue weighted by Crippen LogP contribution is 2.21. The van der Waals surface area contributed by atoms with Crippen molar-refractivity contribution in [1.29, 1.82) is 0 Å². The Kier molecular flexibility index (Phi) is 7.33. The van der Waals surface area contributed by atoms with Crippen molar-refractivity contribution in [2.24, 2.45) is 0 Å². The number of ether oxygens (including phenoxy) is 2. The maximum Gasteiger partial charge on any atom is 0.410 e. The Hall–Kier alpha value is -1.99. The van der Waals surface area contributed by atoms with Gasteiger partial charge < -0.3 is 24.2 Å². The van der Waals surface area contributed by atoms with Crippen LogP contribution in [0.4, 0.5) is 9.59 Å². The van der Waals surface area contributed by atoms with Crippen LogP contribution in [0.25, 0.3) is 0 Å². The van der Waals surface area contributed by atoms with Crippen molar-refractivity contribution < 1.29 is 23.9 Å². The molecule has 2 fully saturated rings. The van der Waals surface area contributed by atoms with Gasteiger partial charge in [0, 0.05) is 26.2 Å². The number of rotatable bonds is 4. The number of likely N-dealkylation sites (tertiary alicyclic amines) is 2. The zero-order chi connectivity index (χ0) is 20.0. The van der Waals surface area contributed by atoms with Crippen molar-refractivity contribution >= 4 is 18.1 Å². The number of carbonyl (C=O) groups is 3. The summed E-state index contributed by atoms with van der Waals surface area (Å²) >= 11 is 0. The number of hydrogen-bond acceptors (Lipinski definition) is 5. The second-order valence-corrected chi connectivity index (χ2v) is 8.13. The van der Waals surface area contributed by atoms with Crippen LogP contribution >= 0.6 is 0 Å². The van der Waals surface area contributed by atoms with Crippen LogP contribution in [0.3, 0.4) is 0 Å². The summed E-state index contributed by atoms with van der Waals surface area (Å²) in [6, 6.07) is -0.361. The van der Waals surface area contributed by atoms with Crippen LogP contribution in [-0.4, -0.2) is 83.8 Å². The summed E-state index contributed by atoms with van der Waals surface area (Å²) in [7, 11) is 0. The van der Waals surface area contributed by atoms with Crippen molar-refractivity contribution in [2.45, 2.75) is 65.0 Å². The van der Waals surface area contributed by atoms with Crippen LogP contribution in [-0.2, 0) is 14.3 Å². The summed E-state index contributed by atoms with van der Waals surface area (Å²) in [5, 5.41) is 0. The SMILES string of the molecule is CCOC(=O)CN(C(=O)N1CCCC1)[C@H]1CCCN(C(=O)OC(C)(C)C)C1. The number of esters is 1. The lowest BCUT2D eigenvalue weighted by atomic mass is 10.0. The van der Waals surface area contributed by atoms with Crippen molar-refractivity contribution in [1.82, 2.24) is 14.7 Å². The summed E-state index contributed by atoms with van der Waals surface area (Å²) in [4.78, 5) is 42.5. The molecule has 8 nitrogen and oxygen atoms in total. The molecule has 0 aromatic carbocycles. The molecule has 27 heavy (non-hydrogen) atoms. The van der Waals surface area contributed by atoms with Crippen LogP contribution in [0.15, 0.2) is 0 Å². The number of nitrogens with zero attached hydrogens (tertiary/aromatic N) is 3. The lowest BCUT2D eigenvalue weighted by Gasteiger charge is -2.40. The highest BCUT2D eigenvalue weighted by Gasteiger charge is 2.36. The Morgan fingerprint density at radius 3 is 2.26 bits per heavy atom. The summed E-state index contributed by atoms with van der Waals surface area (Å²) in [5.74, 6) is -0.417. The molecule has 2 rings (SSSR count). The van der Waals surface area contributed by atoms with Crippen molar-refractivity contribution in [3.05, 3.63) is 0 Å². The van der Waals surface area contributed by atoms with Crippen LogP contribution in [0, 0.1) is 0 Å². The molecular formula is C19H33N3O5. The third-order valence-corrected chi connectivity index (χ3v) is 4.72. The maximum atomic E-state index is 13.0. The first-order valence-corrected chi connectivity index (χ1v) is 9.90. The Morgan fingerprint density at radius 1 is 1.04 bits per heavy atom. The third kappa shape index (κ3) is 6.29. The molecule has 0 spiro atoms. The van der Waals surface area contributed by atoms with E-state index in [2.05, 4.69) is 0 Å². The summed E-state index contributed by atoms with van der Waals surface area (Å²) in [6.45, 7) is 9.80. The van der Waals surface area contributed by atoms with E-state index >= 15 is 0 Å². The Bertz CT molecular complexity index is 540. The topological polar surface area (TPSA) is 79.4 Å². The molecule has 2 aliphatic heterocycles. The van der Waals surface area contributed by atoms with Crippen LogP contribution in [0.1, 0.15) is 53.4 Å². The zero-order valence-electron chi connectivity index (χ0n) is 17.0. The monoisotopic (exact) mass is 383 g/mol. The minimum absolute atomic E-state index is 0.0873. The second-order valence-electron chi connectivity index (χ2n) is 8.13. The standard InChI is InChI=1S/C19H33N3O5/c1-5-26-16(23)14-22(17(24)20-10-6-7-11-20)15-9-8-12-21(13-15)18(25)27-19(2,3)4/h15H,5-14H2,1-4H3/t15-/m0/s1. The summed E-state index contributed by atoms with van der Waals surface area (Å²) < 4.78 is 10.5. The van der Waals surface area contributed by atoms with E-state index in [9.17, 15) is 14.4 Å². The van der Waals surface area contributed by atoms with E-state index in [1.165, 1.54) is 0 Å². The van der Waals surface area contributed by atoms with E-state index in [1.807, 2.05) is 20.8 Å². The predicted octanol–water partition coefficient (Wildman–Crippen LogP) is 2.47. The quantitative estimate of drug-likeness (QED) is 0.697. The normalized spacial score (nSPS) is 20.4. The molecule has 0 bridgehead atoms. The van der Waals surface area contributed by atoms with E-state index in [-0.39, 0.29) is 31.3 Å². The average Bonchev–Trinajstić information content (AvgIpc) is 3.12. The molecular weight excluding hydrogens is 350 g/mol. The minimum Gasteiger partial charge on any atom is -0.465 e. The second kappa shape index (κ2) is 9.28. The highest BCUT2D eigenvalue weighted by molar-refractivity contribution is 5.81. The maximum absolute atomic E-state index is 13.0. The van der Waals surface area contributed by atoms with Crippen LogP contribution < -0.4 is 0 Å². The predicted molar refractivity (Wildman–Crippen MR) is 100 cm³/mol. The summed E-state index contributed by atoms with van der Waals surface area (Å²) in [5.41, 5.74) is -0.569. The molecule has 0 aromatic rings. The number of piperidine rings is 1. The van der Waals surface area contributed by atoms with Gasteiger partial charge in [0.25, 0.3) is 0 Å². The number of hydrogen-bond donors (Lipinski definition) is 0. The van der Waals surface area contributed by atoms with Gasteiger partial charge in [0.2, 0.25) is 0 Å². The first kappa shape index (κ1) is 21.3. The number of amides is 3. The molecule has 3 amide bonds. The average molecular weight is 383 g/mol. The molecule has 8 heteroatoms. The van der Waals surface area contributed by atoms with E-state index in [1.54, 1.807) is 21.6 Å². The van der Waals surface area contributed by atoms with Crippen molar-refractivity contribution in [3.63, 3.8) is 0 Å². The van der Waals surface area contributed by atoms with E-state index < -0.39 is 11.6 Å². The molecule has 0 saturated carbocycles. The molecule has 154 valence electrons. The largest absolute Gasteiger partial charge is 0.465 e. The summed E-state index contributed by atoms with van der Waals surface area (Å²) in [6.07, 6.45) is 3.09. The highest BCUT2D eigenvalue weighted by atomic mass is 16.6. The molecule has 2 aliphatic rings. The van der Waals surface area contributed by atoms with Gasteiger partial charge in [-0.2, -0.15) is 0 Å². The smallest absolute Gasteiger partial charge is 0.410 e. The van der Waals surface area contributed by atoms with Gasteiger partial charge in [-0.3, -0.25) is 4.79 Å². The third-order valence-electron chi connectivity index (χ3n) is 4.72. The lowest BCUT2D eigenvalue weighted by Crippen LogP contribution is -2.56. The van der Waals surface area contributed by atoms with Gasteiger partial charge in [-0.25, -0.2) is 9.59 Å². The van der Waals surface area contributed by atoms with Crippen LogP contribution in [0.2, 0.25) is 0 Å². The lowest BCUT2D eigenvalue weighted by molar-refractivity contribution is -0.144. The van der Waals surface area contributed by atoms with Gasteiger partial charge in [-0.15, -0.1) is 0 Å². The molecule has 0 aliphatic carbocycles. The van der Waals surface area contributed by atoms with Gasteiger partial charge in [-0.1, -0.05) is 0 Å². The van der Waals surface area contributed by atoms with Crippen LogP contribution in [0.5, 0.6) is 0 Å². The van der Waals surface area contributed by atoms with Gasteiger partial charge in [0.15, 0.2) is 0 Å². The molecule has 2 heterocycles. The van der Waals surface area contributed by atoms with Gasteiger partial charge in [0.05, 0.1) is 12.6 Å². The van der Waals surface area contributed by atoms with E-state index in [0.717, 1.165) is 25.7 Å².